The standard InChI is InChI=1S/C21H21ClN6O4S/c1-3-27-18(11-23-20(30)14-6-4-13(2)5-7-14)25-26-21(27)33-12-19(29)24-17-10-15(28(31)32)8-9-16(17)22/h4-10H,3,11-12H2,1-2H3,(H,23,30)(H,24,29). The van der Waals surface area contributed by atoms with Crippen molar-refractivity contribution in [3.8, 4) is 0 Å². The predicted molar refractivity (Wildman–Crippen MR) is 126 cm³/mol. The zero-order valence-corrected chi connectivity index (χ0v) is 19.4. The van der Waals surface area contributed by atoms with Crippen molar-refractivity contribution in [2.24, 2.45) is 0 Å². The maximum Gasteiger partial charge on any atom is 0.271 e. The average molecular weight is 489 g/mol. The summed E-state index contributed by atoms with van der Waals surface area (Å²) >= 11 is 7.18. The van der Waals surface area contributed by atoms with E-state index in [9.17, 15) is 19.7 Å². The van der Waals surface area contributed by atoms with Crippen molar-refractivity contribution in [1.29, 1.82) is 0 Å². The first-order valence-electron chi connectivity index (χ1n) is 9.92. The van der Waals surface area contributed by atoms with Gasteiger partial charge in [0.25, 0.3) is 11.6 Å². The van der Waals surface area contributed by atoms with Gasteiger partial charge in [0.1, 0.15) is 0 Å². The summed E-state index contributed by atoms with van der Waals surface area (Å²) in [6.07, 6.45) is 0. The third kappa shape index (κ3) is 6.30. The van der Waals surface area contributed by atoms with Crippen LogP contribution in [0.25, 0.3) is 0 Å². The molecule has 12 heteroatoms. The number of nitrogens with one attached hydrogen (secondary N) is 2. The Kier molecular flexibility index (Phi) is 8.01. The highest BCUT2D eigenvalue weighted by atomic mass is 35.5. The molecule has 0 fully saturated rings. The molecular formula is C21H21ClN6O4S. The maximum atomic E-state index is 12.3. The molecule has 0 radical (unpaired) electrons. The first kappa shape index (κ1) is 24.2. The minimum Gasteiger partial charge on any atom is -0.345 e. The van der Waals surface area contributed by atoms with E-state index in [4.69, 9.17) is 11.6 Å². The van der Waals surface area contributed by atoms with E-state index in [0.717, 1.165) is 17.3 Å². The minimum absolute atomic E-state index is 0.00706. The van der Waals surface area contributed by atoms with Crippen LogP contribution >= 0.6 is 23.4 Å². The number of anilines is 1. The molecule has 2 amide bonds. The Morgan fingerprint density at radius 1 is 1.18 bits per heavy atom. The van der Waals surface area contributed by atoms with E-state index in [1.54, 1.807) is 16.7 Å². The summed E-state index contributed by atoms with van der Waals surface area (Å²) < 4.78 is 1.80. The fourth-order valence-electron chi connectivity index (χ4n) is 2.88. The number of hydrogen-bond donors (Lipinski definition) is 2. The van der Waals surface area contributed by atoms with Gasteiger partial charge in [-0.3, -0.25) is 19.7 Å². The van der Waals surface area contributed by atoms with Gasteiger partial charge in [0, 0.05) is 24.2 Å². The number of amides is 2. The van der Waals surface area contributed by atoms with Crippen LogP contribution in [0.3, 0.4) is 0 Å². The van der Waals surface area contributed by atoms with Gasteiger partial charge in [-0.25, -0.2) is 0 Å². The van der Waals surface area contributed by atoms with E-state index in [2.05, 4.69) is 20.8 Å². The van der Waals surface area contributed by atoms with Crippen LogP contribution in [0.1, 0.15) is 28.7 Å². The SMILES string of the molecule is CCn1c(CNC(=O)c2ccc(C)cc2)nnc1SCC(=O)Nc1cc([N+](=O)[O-])ccc1Cl. The highest BCUT2D eigenvalue weighted by Gasteiger charge is 2.16. The number of carbonyl (C=O) groups is 2. The van der Waals surface area contributed by atoms with Crippen molar-refractivity contribution in [2.45, 2.75) is 32.1 Å². The van der Waals surface area contributed by atoms with Crippen LogP contribution < -0.4 is 10.6 Å². The fourth-order valence-corrected chi connectivity index (χ4v) is 3.87. The number of benzene rings is 2. The lowest BCUT2D eigenvalue weighted by Crippen LogP contribution is -2.24. The zero-order valence-electron chi connectivity index (χ0n) is 17.9. The Labute approximate surface area is 198 Å². The number of rotatable bonds is 9. The smallest absolute Gasteiger partial charge is 0.271 e. The fraction of sp³-hybridized carbons (Fsp3) is 0.238. The van der Waals surface area contributed by atoms with Gasteiger partial charge in [0.15, 0.2) is 11.0 Å². The third-order valence-corrected chi connectivity index (χ3v) is 5.89. The molecule has 0 saturated heterocycles. The third-order valence-electron chi connectivity index (χ3n) is 4.60. The minimum atomic E-state index is -0.566. The lowest BCUT2D eigenvalue weighted by Gasteiger charge is -2.09. The Bertz CT molecular complexity index is 1180. The molecule has 0 aliphatic carbocycles. The summed E-state index contributed by atoms with van der Waals surface area (Å²) in [7, 11) is 0. The van der Waals surface area contributed by atoms with Crippen molar-refractivity contribution in [3.05, 3.63) is 74.6 Å². The molecule has 0 unspecified atom stereocenters. The number of halogens is 1. The zero-order chi connectivity index (χ0) is 24.0. The second-order valence-corrected chi connectivity index (χ2v) is 8.30. The number of thioether (sulfide) groups is 1. The Hall–Kier alpha value is -3.44. The Morgan fingerprint density at radius 3 is 2.58 bits per heavy atom. The van der Waals surface area contributed by atoms with E-state index in [1.165, 1.54) is 18.2 Å². The van der Waals surface area contributed by atoms with Gasteiger partial charge in [0.2, 0.25) is 5.91 Å². The largest absolute Gasteiger partial charge is 0.345 e. The number of carbonyl (C=O) groups excluding carboxylic acids is 2. The van der Waals surface area contributed by atoms with E-state index in [1.807, 2.05) is 26.0 Å². The molecule has 3 rings (SSSR count). The number of aromatic nitrogens is 3. The topological polar surface area (TPSA) is 132 Å². The number of nitro benzene ring substituents is 1. The van der Waals surface area contributed by atoms with Crippen LogP contribution in [0.2, 0.25) is 5.02 Å². The number of hydrogen-bond acceptors (Lipinski definition) is 7. The lowest BCUT2D eigenvalue weighted by atomic mass is 10.1. The van der Waals surface area contributed by atoms with Crippen LogP contribution in [0.4, 0.5) is 11.4 Å². The van der Waals surface area contributed by atoms with Crippen molar-refractivity contribution in [2.75, 3.05) is 11.1 Å². The second-order valence-electron chi connectivity index (χ2n) is 6.95. The van der Waals surface area contributed by atoms with Crippen molar-refractivity contribution < 1.29 is 14.5 Å². The molecule has 3 aromatic rings. The first-order valence-corrected chi connectivity index (χ1v) is 11.3. The summed E-state index contributed by atoms with van der Waals surface area (Å²) in [5, 5.41) is 25.3. The molecule has 2 N–H and O–H groups in total. The van der Waals surface area contributed by atoms with Gasteiger partial charge in [-0.05, 0) is 32.0 Å². The van der Waals surface area contributed by atoms with Crippen LogP contribution in [0, 0.1) is 17.0 Å². The maximum absolute atomic E-state index is 12.3. The van der Waals surface area contributed by atoms with Crippen LogP contribution in [-0.2, 0) is 17.9 Å². The summed E-state index contributed by atoms with van der Waals surface area (Å²) in [4.78, 5) is 35.0. The second kappa shape index (κ2) is 10.9. The molecule has 0 bridgehead atoms. The first-order chi connectivity index (χ1) is 15.8. The van der Waals surface area contributed by atoms with Gasteiger partial charge in [-0.2, -0.15) is 0 Å². The summed E-state index contributed by atoms with van der Waals surface area (Å²) in [6, 6.07) is 11.1. The summed E-state index contributed by atoms with van der Waals surface area (Å²) in [6.45, 7) is 4.58. The lowest BCUT2D eigenvalue weighted by molar-refractivity contribution is -0.384. The van der Waals surface area contributed by atoms with E-state index >= 15 is 0 Å². The molecule has 0 spiro atoms. The van der Waals surface area contributed by atoms with Crippen molar-refractivity contribution in [1.82, 2.24) is 20.1 Å². The number of aryl methyl sites for hydroxylation is 1. The highest BCUT2D eigenvalue weighted by molar-refractivity contribution is 7.99. The van der Waals surface area contributed by atoms with E-state index in [0.29, 0.717) is 23.1 Å². The number of nitrogens with zero attached hydrogens (tertiary/aromatic N) is 4. The molecular weight excluding hydrogens is 468 g/mol. The number of nitro groups is 1. The summed E-state index contributed by atoms with van der Waals surface area (Å²) in [5.41, 5.74) is 1.60. The summed E-state index contributed by atoms with van der Waals surface area (Å²) in [5.74, 6) is -0.0692. The van der Waals surface area contributed by atoms with E-state index in [-0.39, 0.29) is 34.6 Å². The van der Waals surface area contributed by atoms with Crippen molar-refractivity contribution in [3.63, 3.8) is 0 Å². The molecule has 1 aromatic heterocycles. The molecule has 1 heterocycles. The average Bonchev–Trinajstić information content (AvgIpc) is 3.19. The molecule has 33 heavy (non-hydrogen) atoms. The Morgan fingerprint density at radius 2 is 1.91 bits per heavy atom. The van der Waals surface area contributed by atoms with Crippen LogP contribution in [0.5, 0.6) is 0 Å². The van der Waals surface area contributed by atoms with Crippen LogP contribution in [-0.4, -0.2) is 37.3 Å². The predicted octanol–water partition coefficient (Wildman–Crippen LogP) is 3.83. The number of non-ortho nitro benzene ring substituents is 1. The molecule has 2 aromatic carbocycles. The monoisotopic (exact) mass is 488 g/mol. The van der Waals surface area contributed by atoms with Gasteiger partial charge < -0.3 is 15.2 Å². The molecule has 0 saturated carbocycles. The molecule has 0 atom stereocenters. The van der Waals surface area contributed by atoms with Gasteiger partial charge >= 0.3 is 0 Å². The van der Waals surface area contributed by atoms with E-state index < -0.39 is 10.8 Å². The van der Waals surface area contributed by atoms with Gasteiger partial charge in [0.05, 0.1) is 27.9 Å². The molecule has 0 aliphatic rings. The van der Waals surface area contributed by atoms with Gasteiger partial charge in [-0.15, -0.1) is 10.2 Å². The quantitative estimate of drug-likeness (QED) is 0.265. The molecule has 10 nitrogen and oxygen atoms in total. The highest BCUT2D eigenvalue weighted by Crippen LogP contribution is 2.27. The van der Waals surface area contributed by atoms with Gasteiger partial charge in [-0.1, -0.05) is 41.1 Å². The molecule has 172 valence electrons. The Balaban J connectivity index is 1.59. The van der Waals surface area contributed by atoms with Crippen LogP contribution in [0.15, 0.2) is 47.6 Å². The van der Waals surface area contributed by atoms with Crippen molar-refractivity contribution >= 4 is 46.6 Å². The normalized spacial score (nSPS) is 10.6. The molecule has 0 aliphatic heterocycles.